The van der Waals surface area contributed by atoms with E-state index in [1.807, 2.05) is 6.92 Å². The van der Waals surface area contributed by atoms with Crippen LogP contribution in [0.3, 0.4) is 0 Å². The highest BCUT2D eigenvalue weighted by Gasteiger charge is 2.06. The van der Waals surface area contributed by atoms with Crippen molar-refractivity contribution in [2.75, 3.05) is 18.0 Å². The highest BCUT2D eigenvalue weighted by molar-refractivity contribution is 5.77. The maximum absolute atomic E-state index is 13.2. The van der Waals surface area contributed by atoms with Crippen LogP contribution in [0, 0.1) is 5.82 Å². The minimum atomic E-state index is -0.357. The van der Waals surface area contributed by atoms with Gasteiger partial charge in [0.15, 0.2) is 0 Å². The van der Waals surface area contributed by atoms with Crippen molar-refractivity contribution in [2.24, 2.45) is 0 Å². The Bertz CT molecular complexity index is 338. The first-order valence-corrected chi connectivity index (χ1v) is 5.22. The van der Waals surface area contributed by atoms with Crippen molar-refractivity contribution in [3.63, 3.8) is 0 Å². The second-order valence-corrected chi connectivity index (χ2v) is 3.44. The Morgan fingerprint density at radius 1 is 1.33 bits per heavy atom. The van der Waals surface area contributed by atoms with Crippen molar-refractivity contribution in [1.82, 2.24) is 0 Å². The van der Waals surface area contributed by atoms with E-state index in [4.69, 9.17) is 0 Å². The molecular weight excluding hydrogens is 193 g/mol. The lowest BCUT2D eigenvalue weighted by Gasteiger charge is -2.22. The van der Waals surface area contributed by atoms with E-state index in [1.165, 1.54) is 12.1 Å². The highest BCUT2D eigenvalue weighted by Crippen LogP contribution is 2.18. The third-order valence-electron chi connectivity index (χ3n) is 2.28. The van der Waals surface area contributed by atoms with Crippen LogP contribution in [0.1, 0.15) is 30.6 Å². The average Bonchev–Trinajstić information content (AvgIpc) is 2.24. The van der Waals surface area contributed by atoms with Crippen LogP contribution < -0.4 is 4.90 Å². The highest BCUT2D eigenvalue weighted by atomic mass is 19.1. The van der Waals surface area contributed by atoms with Gasteiger partial charge in [0.2, 0.25) is 0 Å². The van der Waals surface area contributed by atoms with Gasteiger partial charge >= 0.3 is 0 Å². The van der Waals surface area contributed by atoms with Crippen LogP contribution in [-0.2, 0) is 0 Å². The second-order valence-electron chi connectivity index (χ2n) is 3.44. The topological polar surface area (TPSA) is 20.3 Å². The molecule has 0 saturated carbocycles. The maximum atomic E-state index is 13.2. The summed E-state index contributed by atoms with van der Waals surface area (Å²) in [5.41, 5.74) is 1.17. The smallest absolute Gasteiger partial charge is 0.150 e. The zero-order chi connectivity index (χ0) is 11.3. The summed E-state index contributed by atoms with van der Waals surface area (Å²) < 4.78 is 13.2. The molecule has 0 unspecified atom stereocenters. The van der Waals surface area contributed by atoms with Crippen molar-refractivity contribution in [2.45, 2.75) is 20.3 Å². The van der Waals surface area contributed by atoms with Crippen LogP contribution in [0.25, 0.3) is 0 Å². The molecule has 3 heteroatoms. The first-order chi connectivity index (χ1) is 7.21. The molecule has 0 heterocycles. The lowest BCUT2D eigenvalue weighted by molar-refractivity contribution is 0.112. The molecule has 15 heavy (non-hydrogen) atoms. The number of aldehydes is 1. The van der Waals surface area contributed by atoms with Crippen molar-refractivity contribution in [3.05, 3.63) is 29.6 Å². The second kappa shape index (κ2) is 5.49. The van der Waals surface area contributed by atoms with Crippen LogP contribution in [0.2, 0.25) is 0 Å². The van der Waals surface area contributed by atoms with E-state index in [9.17, 15) is 9.18 Å². The summed E-state index contributed by atoms with van der Waals surface area (Å²) in [4.78, 5) is 12.6. The van der Waals surface area contributed by atoms with Gasteiger partial charge in [0.05, 0.1) is 0 Å². The van der Waals surface area contributed by atoms with E-state index in [2.05, 4.69) is 11.8 Å². The molecular formula is C12H16FNO. The molecule has 1 rings (SSSR count). The Hall–Kier alpha value is -1.38. The molecule has 1 aromatic carbocycles. The number of anilines is 1. The van der Waals surface area contributed by atoms with Gasteiger partial charge in [-0.25, -0.2) is 4.39 Å². The number of halogens is 1. The van der Waals surface area contributed by atoms with Gasteiger partial charge < -0.3 is 4.90 Å². The Balaban J connectivity index is 3.00. The number of hydrogen-bond donors (Lipinski definition) is 0. The molecule has 1 aromatic rings. The molecule has 0 saturated heterocycles. The molecule has 2 nitrogen and oxygen atoms in total. The van der Waals surface area contributed by atoms with Crippen molar-refractivity contribution < 1.29 is 9.18 Å². The van der Waals surface area contributed by atoms with Crippen molar-refractivity contribution in [1.29, 1.82) is 0 Å². The van der Waals surface area contributed by atoms with E-state index in [-0.39, 0.29) is 5.82 Å². The summed E-state index contributed by atoms with van der Waals surface area (Å²) in [6, 6.07) is 4.43. The number of carbonyl (C=O) groups excluding carboxylic acids is 1. The Morgan fingerprint density at radius 3 is 2.60 bits per heavy atom. The van der Waals surface area contributed by atoms with Gasteiger partial charge in [-0.1, -0.05) is 6.92 Å². The van der Waals surface area contributed by atoms with Crippen molar-refractivity contribution >= 4 is 12.0 Å². The fraction of sp³-hybridized carbons (Fsp3) is 0.417. The monoisotopic (exact) mass is 209 g/mol. The van der Waals surface area contributed by atoms with Gasteiger partial charge in [-0.05, 0) is 31.5 Å². The molecule has 0 amide bonds. The normalized spacial score (nSPS) is 10.1. The Kier molecular flexibility index (Phi) is 4.28. The zero-order valence-electron chi connectivity index (χ0n) is 9.16. The van der Waals surface area contributed by atoms with Crippen molar-refractivity contribution in [3.8, 4) is 0 Å². The molecule has 0 spiro atoms. The number of benzene rings is 1. The first kappa shape index (κ1) is 11.7. The summed E-state index contributed by atoms with van der Waals surface area (Å²) >= 11 is 0. The lowest BCUT2D eigenvalue weighted by Crippen LogP contribution is -2.23. The fourth-order valence-corrected chi connectivity index (χ4v) is 1.59. The van der Waals surface area contributed by atoms with E-state index >= 15 is 0 Å². The lowest BCUT2D eigenvalue weighted by atomic mass is 10.2. The van der Waals surface area contributed by atoms with E-state index in [1.54, 1.807) is 6.07 Å². The predicted molar refractivity (Wildman–Crippen MR) is 60.0 cm³/mol. The summed E-state index contributed by atoms with van der Waals surface area (Å²) in [5.74, 6) is -0.357. The number of hydrogen-bond acceptors (Lipinski definition) is 2. The third kappa shape index (κ3) is 3.05. The zero-order valence-corrected chi connectivity index (χ0v) is 9.16. The maximum Gasteiger partial charge on any atom is 0.150 e. The molecule has 0 bridgehead atoms. The van der Waals surface area contributed by atoms with Crippen LogP contribution in [0.5, 0.6) is 0 Å². The number of carbonyl (C=O) groups is 1. The summed E-state index contributed by atoms with van der Waals surface area (Å²) in [6.45, 7) is 5.78. The van der Waals surface area contributed by atoms with Crippen LogP contribution in [-0.4, -0.2) is 19.4 Å². The molecule has 0 N–H and O–H groups in total. The molecule has 82 valence electrons. The quantitative estimate of drug-likeness (QED) is 0.695. The predicted octanol–water partition coefficient (Wildman–Crippen LogP) is 2.87. The summed E-state index contributed by atoms with van der Waals surface area (Å²) in [5, 5.41) is 0. The third-order valence-corrected chi connectivity index (χ3v) is 2.28. The minimum Gasteiger partial charge on any atom is -0.372 e. The SMILES string of the molecule is CCCN(CC)c1cc(F)cc(C=O)c1. The van der Waals surface area contributed by atoms with Gasteiger partial charge in [-0.2, -0.15) is 0 Å². The van der Waals surface area contributed by atoms with E-state index in [0.29, 0.717) is 11.8 Å². The first-order valence-electron chi connectivity index (χ1n) is 5.22. The average molecular weight is 209 g/mol. The summed E-state index contributed by atoms with van der Waals surface area (Å²) in [6.07, 6.45) is 1.67. The molecule has 0 fully saturated rings. The number of rotatable bonds is 5. The summed E-state index contributed by atoms with van der Waals surface area (Å²) in [7, 11) is 0. The van der Waals surface area contributed by atoms with Gasteiger partial charge in [0.1, 0.15) is 12.1 Å². The Morgan fingerprint density at radius 2 is 2.07 bits per heavy atom. The van der Waals surface area contributed by atoms with Gasteiger partial charge in [0, 0.05) is 24.3 Å². The molecule has 0 radical (unpaired) electrons. The van der Waals surface area contributed by atoms with E-state index in [0.717, 1.165) is 25.2 Å². The van der Waals surface area contributed by atoms with Crippen LogP contribution >= 0.6 is 0 Å². The molecule has 0 aliphatic carbocycles. The standard InChI is InChI=1S/C12H16FNO/c1-3-5-14(4-2)12-7-10(9-15)6-11(13)8-12/h6-9H,3-5H2,1-2H3. The largest absolute Gasteiger partial charge is 0.372 e. The number of nitrogens with zero attached hydrogens (tertiary/aromatic N) is 1. The fourth-order valence-electron chi connectivity index (χ4n) is 1.59. The van der Waals surface area contributed by atoms with Gasteiger partial charge in [-0.3, -0.25) is 4.79 Å². The van der Waals surface area contributed by atoms with Gasteiger partial charge in [-0.15, -0.1) is 0 Å². The van der Waals surface area contributed by atoms with Crippen LogP contribution in [0.4, 0.5) is 10.1 Å². The van der Waals surface area contributed by atoms with E-state index < -0.39 is 0 Å². The van der Waals surface area contributed by atoms with Crippen LogP contribution in [0.15, 0.2) is 18.2 Å². The molecule has 0 aliphatic rings. The minimum absolute atomic E-state index is 0.357. The molecule has 0 aromatic heterocycles. The molecule has 0 atom stereocenters. The molecule has 0 aliphatic heterocycles. The Labute approximate surface area is 89.7 Å². The van der Waals surface area contributed by atoms with Gasteiger partial charge in [0.25, 0.3) is 0 Å².